The first-order valence-electron chi connectivity index (χ1n) is 7.20. The summed E-state index contributed by atoms with van der Waals surface area (Å²) in [5, 5.41) is 3.67. The van der Waals surface area contributed by atoms with E-state index in [-0.39, 0.29) is 0 Å². The van der Waals surface area contributed by atoms with Crippen LogP contribution >= 0.6 is 0 Å². The van der Waals surface area contributed by atoms with Crippen molar-refractivity contribution in [3.63, 3.8) is 0 Å². The molecule has 0 aromatic heterocycles. The number of benzene rings is 1. The topological polar surface area (TPSA) is 24.5 Å². The van der Waals surface area contributed by atoms with E-state index in [1.54, 1.807) is 0 Å². The van der Waals surface area contributed by atoms with Crippen LogP contribution in [-0.4, -0.2) is 38.7 Å². The quantitative estimate of drug-likeness (QED) is 0.826. The van der Waals surface area contributed by atoms with E-state index in [1.165, 1.54) is 23.1 Å². The van der Waals surface area contributed by atoms with Gasteiger partial charge < -0.3 is 15.0 Å². The summed E-state index contributed by atoms with van der Waals surface area (Å²) in [6.45, 7) is 7.34. The molecule has 3 nitrogen and oxygen atoms in total. The number of rotatable bonds is 5. The average molecular weight is 262 g/mol. The van der Waals surface area contributed by atoms with E-state index in [0.717, 1.165) is 31.9 Å². The zero-order chi connectivity index (χ0) is 13.8. The first-order chi connectivity index (χ1) is 9.08. The normalized spacial score (nSPS) is 18.3. The van der Waals surface area contributed by atoms with Gasteiger partial charge in [0.15, 0.2) is 0 Å². The molecule has 1 atom stereocenters. The number of nitrogens with one attached hydrogen (secondary N) is 1. The predicted molar refractivity (Wildman–Crippen MR) is 79.9 cm³/mol. The largest absolute Gasteiger partial charge is 0.493 e. The van der Waals surface area contributed by atoms with E-state index < -0.39 is 0 Å². The zero-order valence-electron chi connectivity index (χ0n) is 12.6. The summed E-state index contributed by atoms with van der Waals surface area (Å²) in [5.74, 6) is 1.07. The number of hydrogen-bond acceptors (Lipinski definition) is 3. The number of aryl methyl sites for hydroxylation is 2. The van der Waals surface area contributed by atoms with Crippen LogP contribution in [0.5, 0.6) is 5.75 Å². The number of ether oxygens (including phenoxy) is 1. The lowest BCUT2D eigenvalue weighted by atomic mass is 9.96. The fraction of sp³-hybridized carbons (Fsp3) is 0.625. The Bertz CT molecular complexity index is 429. The lowest BCUT2D eigenvalue weighted by Crippen LogP contribution is -2.29. The molecule has 1 heterocycles. The van der Waals surface area contributed by atoms with E-state index in [0.29, 0.717) is 6.04 Å². The lowest BCUT2D eigenvalue weighted by Gasteiger charge is -2.28. The minimum Gasteiger partial charge on any atom is -0.493 e. The second-order valence-corrected chi connectivity index (χ2v) is 5.77. The van der Waals surface area contributed by atoms with Gasteiger partial charge in [0.2, 0.25) is 0 Å². The van der Waals surface area contributed by atoms with Gasteiger partial charge >= 0.3 is 0 Å². The molecule has 106 valence electrons. The molecular formula is C16H26N2O. The van der Waals surface area contributed by atoms with Crippen molar-refractivity contribution in [3.8, 4) is 5.75 Å². The lowest BCUT2D eigenvalue weighted by molar-refractivity contribution is 0.251. The highest BCUT2D eigenvalue weighted by molar-refractivity contribution is 5.44. The highest BCUT2D eigenvalue weighted by Gasteiger charge is 2.21. The van der Waals surface area contributed by atoms with Crippen LogP contribution in [0.2, 0.25) is 0 Å². The first kappa shape index (κ1) is 14.4. The van der Waals surface area contributed by atoms with Crippen molar-refractivity contribution in [1.29, 1.82) is 0 Å². The van der Waals surface area contributed by atoms with Crippen LogP contribution in [-0.2, 0) is 0 Å². The Balaban J connectivity index is 1.99. The summed E-state index contributed by atoms with van der Waals surface area (Å²) in [6.07, 6.45) is 2.25. The molecule has 1 aromatic carbocycles. The molecule has 19 heavy (non-hydrogen) atoms. The Kier molecular flexibility index (Phi) is 4.83. The van der Waals surface area contributed by atoms with E-state index in [9.17, 15) is 0 Å². The van der Waals surface area contributed by atoms with Crippen LogP contribution < -0.4 is 10.1 Å². The summed E-state index contributed by atoms with van der Waals surface area (Å²) in [7, 11) is 4.24. The molecule has 1 unspecified atom stereocenters. The van der Waals surface area contributed by atoms with E-state index in [2.05, 4.69) is 50.3 Å². The maximum Gasteiger partial charge on any atom is 0.124 e. The Hall–Kier alpha value is -1.06. The van der Waals surface area contributed by atoms with Crippen molar-refractivity contribution in [2.75, 3.05) is 33.8 Å². The third kappa shape index (κ3) is 3.71. The molecule has 0 spiro atoms. The average Bonchev–Trinajstić information content (AvgIpc) is 2.36. The molecule has 2 rings (SSSR count). The molecule has 0 bridgehead atoms. The van der Waals surface area contributed by atoms with Crippen molar-refractivity contribution < 1.29 is 4.74 Å². The van der Waals surface area contributed by atoms with Gasteiger partial charge in [-0.2, -0.15) is 0 Å². The van der Waals surface area contributed by atoms with Crippen LogP contribution in [0.1, 0.15) is 35.6 Å². The maximum atomic E-state index is 5.79. The minimum absolute atomic E-state index is 0.449. The molecule has 3 heteroatoms. The predicted octanol–water partition coefficient (Wildman–Crippen LogP) is 2.67. The minimum atomic E-state index is 0.449. The molecule has 0 radical (unpaired) electrons. The smallest absolute Gasteiger partial charge is 0.124 e. The third-order valence-corrected chi connectivity index (χ3v) is 3.84. The van der Waals surface area contributed by atoms with Gasteiger partial charge in [-0.25, -0.2) is 0 Å². The van der Waals surface area contributed by atoms with Gasteiger partial charge in [0.05, 0.1) is 6.61 Å². The summed E-state index contributed by atoms with van der Waals surface area (Å²) in [6, 6.07) is 4.91. The summed E-state index contributed by atoms with van der Waals surface area (Å²) in [5.41, 5.74) is 4.00. The van der Waals surface area contributed by atoms with Gasteiger partial charge in [0.1, 0.15) is 5.75 Å². The molecule has 1 N–H and O–H groups in total. The first-order valence-corrected chi connectivity index (χ1v) is 7.20. The Morgan fingerprint density at radius 1 is 1.26 bits per heavy atom. The van der Waals surface area contributed by atoms with Crippen molar-refractivity contribution >= 4 is 0 Å². The Morgan fingerprint density at radius 2 is 2.00 bits per heavy atom. The van der Waals surface area contributed by atoms with Gasteiger partial charge in [-0.1, -0.05) is 6.07 Å². The van der Waals surface area contributed by atoms with Gasteiger partial charge in [0.25, 0.3) is 0 Å². The van der Waals surface area contributed by atoms with E-state index in [1.807, 2.05) is 0 Å². The van der Waals surface area contributed by atoms with Gasteiger partial charge in [0, 0.05) is 18.0 Å². The molecule has 0 saturated carbocycles. The molecule has 0 amide bonds. The second kappa shape index (κ2) is 6.40. The Morgan fingerprint density at radius 3 is 2.74 bits per heavy atom. The maximum absolute atomic E-state index is 5.79. The number of fused-ring (bicyclic) bond motifs is 1. The zero-order valence-corrected chi connectivity index (χ0v) is 12.6. The Labute approximate surface area is 116 Å². The number of hydrogen-bond donors (Lipinski definition) is 1. The molecule has 1 aliphatic rings. The van der Waals surface area contributed by atoms with Crippen LogP contribution in [0.25, 0.3) is 0 Å². The van der Waals surface area contributed by atoms with Crippen LogP contribution in [0.4, 0.5) is 0 Å². The van der Waals surface area contributed by atoms with Crippen molar-refractivity contribution in [1.82, 2.24) is 10.2 Å². The molecule has 0 aliphatic carbocycles. The van der Waals surface area contributed by atoms with Crippen LogP contribution in [0, 0.1) is 13.8 Å². The van der Waals surface area contributed by atoms with E-state index >= 15 is 0 Å². The van der Waals surface area contributed by atoms with Crippen LogP contribution in [0.3, 0.4) is 0 Å². The molecule has 0 saturated heterocycles. The molecular weight excluding hydrogens is 236 g/mol. The summed E-state index contributed by atoms with van der Waals surface area (Å²) >= 11 is 0. The third-order valence-electron chi connectivity index (χ3n) is 3.84. The van der Waals surface area contributed by atoms with Crippen molar-refractivity contribution in [2.24, 2.45) is 0 Å². The van der Waals surface area contributed by atoms with Gasteiger partial charge in [-0.05, 0) is 64.6 Å². The van der Waals surface area contributed by atoms with Crippen molar-refractivity contribution in [3.05, 3.63) is 28.8 Å². The summed E-state index contributed by atoms with van der Waals surface area (Å²) < 4.78 is 5.79. The van der Waals surface area contributed by atoms with E-state index in [4.69, 9.17) is 4.74 Å². The summed E-state index contributed by atoms with van der Waals surface area (Å²) in [4.78, 5) is 2.23. The SMILES string of the molecule is Cc1cc2c(cc1C)C(NCCCN(C)C)CCO2. The molecule has 0 fully saturated rings. The number of nitrogens with zero attached hydrogens (tertiary/aromatic N) is 1. The monoisotopic (exact) mass is 262 g/mol. The fourth-order valence-electron chi connectivity index (χ4n) is 2.54. The molecule has 1 aliphatic heterocycles. The molecule has 1 aromatic rings. The highest BCUT2D eigenvalue weighted by atomic mass is 16.5. The van der Waals surface area contributed by atoms with Gasteiger partial charge in [-0.15, -0.1) is 0 Å². The van der Waals surface area contributed by atoms with Crippen LogP contribution in [0.15, 0.2) is 12.1 Å². The standard InChI is InChI=1S/C16H26N2O/c1-12-10-14-15(17-7-5-8-18(3)4)6-9-19-16(14)11-13(12)2/h10-11,15,17H,5-9H2,1-4H3. The fourth-order valence-corrected chi connectivity index (χ4v) is 2.54. The van der Waals surface area contributed by atoms with Crippen molar-refractivity contribution in [2.45, 2.75) is 32.7 Å². The second-order valence-electron chi connectivity index (χ2n) is 5.77. The highest BCUT2D eigenvalue weighted by Crippen LogP contribution is 2.34. The van der Waals surface area contributed by atoms with Gasteiger partial charge in [-0.3, -0.25) is 0 Å².